The van der Waals surface area contributed by atoms with Gasteiger partial charge in [-0.1, -0.05) is 36.4 Å². The molecule has 1 aliphatic carbocycles. The third kappa shape index (κ3) is 4.09. The second-order valence-corrected chi connectivity index (χ2v) is 5.87. The Morgan fingerprint density at radius 2 is 1.86 bits per heavy atom. The number of hydrogen-bond acceptors (Lipinski definition) is 3. The summed E-state index contributed by atoms with van der Waals surface area (Å²) in [6, 6.07) is 16.5. The normalized spacial score (nSPS) is 14.6. The minimum absolute atomic E-state index is 0.320. The summed E-state index contributed by atoms with van der Waals surface area (Å²) in [6.07, 6.45) is 3.07. The van der Waals surface area contributed by atoms with Crippen LogP contribution in [0.1, 0.15) is 23.1 Å². The Balaban J connectivity index is 1.40. The average molecular weight is 297 g/mol. The first-order valence-electron chi connectivity index (χ1n) is 7.98. The van der Waals surface area contributed by atoms with Gasteiger partial charge >= 0.3 is 0 Å². The van der Waals surface area contributed by atoms with E-state index in [9.17, 15) is 5.11 Å². The van der Waals surface area contributed by atoms with Gasteiger partial charge in [-0.25, -0.2) is 0 Å². The lowest BCUT2D eigenvalue weighted by molar-refractivity contribution is 0.106. The summed E-state index contributed by atoms with van der Waals surface area (Å²) in [4.78, 5) is 0. The predicted molar refractivity (Wildman–Crippen MR) is 88.1 cm³/mol. The lowest BCUT2D eigenvalue weighted by Crippen LogP contribution is -2.31. The van der Waals surface area contributed by atoms with E-state index >= 15 is 0 Å². The summed E-state index contributed by atoms with van der Waals surface area (Å²) in [6.45, 7) is 1.61. The van der Waals surface area contributed by atoms with Crippen LogP contribution in [0.3, 0.4) is 0 Å². The van der Waals surface area contributed by atoms with Crippen molar-refractivity contribution in [3.05, 3.63) is 65.2 Å². The first-order chi connectivity index (χ1) is 10.8. The van der Waals surface area contributed by atoms with E-state index in [0.29, 0.717) is 13.2 Å². The fourth-order valence-corrected chi connectivity index (χ4v) is 2.87. The van der Waals surface area contributed by atoms with E-state index in [1.165, 1.54) is 29.5 Å². The zero-order valence-corrected chi connectivity index (χ0v) is 12.8. The highest BCUT2D eigenvalue weighted by atomic mass is 16.5. The number of nitrogens with one attached hydrogen (secondary N) is 1. The Bertz CT molecular complexity index is 598. The quantitative estimate of drug-likeness (QED) is 0.825. The molecule has 1 aliphatic rings. The van der Waals surface area contributed by atoms with Crippen molar-refractivity contribution in [1.82, 2.24) is 5.32 Å². The molecule has 3 heteroatoms. The summed E-state index contributed by atoms with van der Waals surface area (Å²) in [5.74, 6) is 0.864. The average Bonchev–Trinajstić information content (AvgIpc) is 3.01. The van der Waals surface area contributed by atoms with E-state index < -0.39 is 6.10 Å². The van der Waals surface area contributed by atoms with Crippen molar-refractivity contribution in [2.45, 2.75) is 31.9 Å². The van der Waals surface area contributed by atoms with Gasteiger partial charge in [0.2, 0.25) is 0 Å². The van der Waals surface area contributed by atoms with Crippen LogP contribution in [0.2, 0.25) is 0 Å². The Hall–Kier alpha value is -1.84. The standard InChI is InChI=1S/C19H23NO2/c21-18(13-20-12-15-5-2-1-3-6-15)14-22-19-10-9-16-7-4-8-17(16)11-19/h1-3,5-6,9-11,18,20-21H,4,7-8,12-14H2. The van der Waals surface area contributed by atoms with Crippen molar-refractivity contribution in [2.24, 2.45) is 0 Å². The second-order valence-electron chi connectivity index (χ2n) is 5.87. The molecule has 116 valence electrons. The van der Waals surface area contributed by atoms with E-state index in [0.717, 1.165) is 18.7 Å². The molecule has 0 aliphatic heterocycles. The van der Waals surface area contributed by atoms with Gasteiger partial charge in [0, 0.05) is 13.1 Å². The maximum Gasteiger partial charge on any atom is 0.119 e. The van der Waals surface area contributed by atoms with Crippen LogP contribution in [-0.2, 0) is 19.4 Å². The molecule has 0 aromatic heterocycles. The molecule has 2 aromatic rings. The first kappa shape index (κ1) is 15.1. The fourth-order valence-electron chi connectivity index (χ4n) is 2.87. The molecule has 0 radical (unpaired) electrons. The summed E-state index contributed by atoms with van der Waals surface area (Å²) in [7, 11) is 0. The molecule has 0 amide bonds. The van der Waals surface area contributed by atoms with Crippen molar-refractivity contribution in [1.29, 1.82) is 0 Å². The van der Waals surface area contributed by atoms with Gasteiger partial charge in [0.15, 0.2) is 0 Å². The van der Waals surface area contributed by atoms with Crippen LogP contribution in [-0.4, -0.2) is 24.4 Å². The molecule has 0 spiro atoms. The van der Waals surface area contributed by atoms with Crippen LogP contribution in [0, 0.1) is 0 Å². The Labute approximate surface area is 131 Å². The van der Waals surface area contributed by atoms with Gasteiger partial charge in [-0.15, -0.1) is 0 Å². The lowest BCUT2D eigenvalue weighted by Gasteiger charge is -2.14. The molecule has 22 heavy (non-hydrogen) atoms. The molecular formula is C19H23NO2. The van der Waals surface area contributed by atoms with E-state index in [1.807, 2.05) is 24.3 Å². The van der Waals surface area contributed by atoms with Crippen LogP contribution >= 0.6 is 0 Å². The van der Waals surface area contributed by atoms with Crippen LogP contribution in [0.15, 0.2) is 48.5 Å². The Morgan fingerprint density at radius 1 is 1.05 bits per heavy atom. The van der Waals surface area contributed by atoms with Gasteiger partial charge in [0.25, 0.3) is 0 Å². The predicted octanol–water partition coefficient (Wildman–Crippen LogP) is 2.70. The van der Waals surface area contributed by atoms with Crippen LogP contribution in [0.5, 0.6) is 5.75 Å². The zero-order valence-electron chi connectivity index (χ0n) is 12.8. The van der Waals surface area contributed by atoms with Crippen molar-refractivity contribution in [2.75, 3.05) is 13.2 Å². The first-order valence-corrected chi connectivity index (χ1v) is 7.98. The van der Waals surface area contributed by atoms with Crippen molar-refractivity contribution >= 4 is 0 Å². The lowest BCUT2D eigenvalue weighted by atomic mass is 10.1. The van der Waals surface area contributed by atoms with E-state index in [1.54, 1.807) is 0 Å². The molecule has 3 rings (SSSR count). The number of rotatable bonds is 7. The molecule has 0 saturated heterocycles. The Morgan fingerprint density at radius 3 is 2.73 bits per heavy atom. The summed E-state index contributed by atoms with van der Waals surface area (Å²) in [5.41, 5.74) is 4.06. The molecule has 1 atom stereocenters. The number of aliphatic hydroxyl groups is 1. The summed E-state index contributed by atoms with van der Waals surface area (Å²) in [5, 5.41) is 13.2. The molecule has 3 nitrogen and oxygen atoms in total. The van der Waals surface area contributed by atoms with Gasteiger partial charge < -0.3 is 15.2 Å². The number of hydrogen-bond donors (Lipinski definition) is 2. The molecule has 0 bridgehead atoms. The van der Waals surface area contributed by atoms with Gasteiger partial charge in [0.1, 0.15) is 18.5 Å². The van der Waals surface area contributed by atoms with Crippen molar-refractivity contribution in [3.63, 3.8) is 0 Å². The molecular weight excluding hydrogens is 274 g/mol. The van der Waals surface area contributed by atoms with Gasteiger partial charge in [0.05, 0.1) is 0 Å². The molecule has 0 fully saturated rings. The maximum absolute atomic E-state index is 9.99. The zero-order chi connectivity index (χ0) is 15.2. The van der Waals surface area contributed by atoms with Gasteiger partial charge in [-0.3, -0.25) is 0 Å². The SMILES string of the molecule is OC(CNCc1ccccc1)COc1ccc2c(c1)CCC2. The maximum atomic E-state index is 9.99. The van der Waals surface area contributed by atoms with E-state index in [4.69, 9.17) is 4.74 Å². The molecule has 0 heterocycles. The monoisotopic (exact) mass is 297 g/mol. The highest BCUT2D eigenvalue weighted by Crippen LogP contribution is 2.25. The van der Waals surface area contributed by atoms with Crippen molar-refractivity contribution < 1.29 is 9.84 Å². The highest BCUT2D eigenvalue weighted by Gasteiger charge is 2.12. The number of aliphatic hydroxyl groups excluding tert-OH is 1. The highest BCUT2D eigenvalue weighted by molar-refractivity contribution is 5.38. The molecule has 2 aromatic carbocycles. The minimum atomic E-state index is -0.503. The Kier molecular flexibility index (Phi) is 5.09. The number of fused-ring (bicyclic) bond motifs is 1. The number of aryl methyl sites for hydroxylation is 2. The largest absolute Gasteiger partial charge is 0.491 e. The molecule has 0 saturated carbocycles. The summed E-state index contributed by atoms with van der Waals surface area (Å²) < 4.78 is 5.71. The van der Waals surface area contributed by atoms with Crippen molar-refractivity contribution in [3.8, 4) is 5.75 Å². The molecule has 1 unspecified atom stereocenters. The van der Waals surface area contributed by atoms with Crippen LogP contribution in [0.4, 0.5) is 0 Å². The third-order valence-corrected chi connectivity index (χ3v) is 4.06. The van der Waals surface area contributed by atoms with Crippen LogP contribution < -0.4 is 10.1 Å². The summed E-state index contributed by atoms with van der Waals surface area (Å²) >= 11 is 0. The fraction of sp³-hybridized carbons (Fsp3) is 0.368. The van der Waals surface area contributed by atoms with Gasteiger partial charge in [-0.05, 0) is 48.1 Å². The second kappa shape index (κ2) is 7.43. The number of benzene rings is 2. The van der Waals surface area contributed by atoms with E-state index in [-0.39, 0.29) is 0 Å². The molecule has 2 N–H and O–H groups in total. The third-order valence-electron chi connectivity index (χ3n) is 4.06. The topological polar surface area (TPSA) is 41.5 Å². The van der Waals surface area contributed by atoms with E-state index in [2.05, 4.69) is 29.6 Å². The van der Waals surface area contributed by atoms with Crippen LogP contribution in [0.25, 0.3) is 0 Å². The van der Waals surface area contributed by atoms with Gasteiger partial charge in [-0.2, -0.15) is 0 Å². The smallest absolute Gasteiger partial charge is 0.119 e. The minimum Gasteiger partial charge on any atom is -0.491 e. The number of ether oxygens (including phenoxy) is 1.